The summed E-state index contributed by atoms with van der Waals surface area (Å²) in [5.74, 6) is 1.88. The number of rotatable bonds is 7. The van der Waals surface area contributed by atoms with E-state index in [0.29, 0.717) is 17.5 Å². The first-order valence-corrected chi connectivity index (χ1v) is 20.8. The Bertz CT molecular complexity index is 3610. The molecular weight excluding hydrogens is 757 g/mol. The molecule has 0 radical (unpaired) electrons. The van der Waals surface area contributed by atoms with E-state index >= 15 is 0 Å². The molecule has 0 amide bonds. The summed E-state index contributed by atoms with van der Waals surface area (Å²) >= 11 is 0. The van der Waals surface area contributed by atoms with Crippen LogP contribution in [0, 0.1) is 0 Å². The standard InChI is InChI=1S/C57H36N4O/c1-4-15-37(16-5-1)41-21-14-22-43(33-41)57-59-55(39-19-8-3-9-20-39)58-56(60-57)40-27-30-45(31-28-40)61-51-25-12-10-23-46(51)47-32-29-42(36-52(47)61)44-34-49(38-17-6-2-7-18-38)54-50(35-44)48-24-11-13-26-53(48)62-54/h1-36H. The van der Waals surface area contributed by atoms with E-state index in [9.17, 15) is 0 Å². The molecule has 12 rings (SSSR count). The third-order valence-electron chi connectivity index (χ3n) is 11.8. The van der Waals surface area contributed by atoms with Crippen LogP contribution in [0.4, 0.5) is 0 Å². The van der Waals surface area contributed by atoms with Crippen LogP contribution >= 0.6 is 0 Å². The fourth-order valence-electron chi connectivity index (χ4n) is 8.83. The van der Waals surface area contributed by atoms with E-state index in [2.05, 4.69) is 174 Å². The van der Waals surface area contributed by atoms with Gasteiger partial charge in [0.2, 0.25) is 0 Å². The fraction of sp³-hybridized carbons (Fsp3) is 0. The number of aromatic nitrogens is 4. The molecule has 0 N–H and O–H groups in total. The van der Waals surface area contributed by atoms with Gasteiger partial charge in [0.05, 0.1) is 11.0 Å². The maximum absolute atomic E-state index is 6.52. The summed E-state index contributed by atoms with van der Waals surface area (Å²) in [6.07, 6.45) is 0. The summed E-state index contributed by atoms with van der Waals surface area (Å²) in [5, 5.41) is 4.61. The molecule has 12 aromatic rings. The van der Waals surface area contributed by atoms with Crippen molar-refractivity contribution in [2.75, 3.05) is 0 Å². The van der Waals surface area contributed by atoms with Crippen LogP contribution in [0.15, 0.2) is 223 Å². The van der Waals surface area contributed by atoms with Gasteiger partial charge in [0, 0.05) is 49.5 Å². The lowest BCUT2D eigenvalue weighted by molar-refractivity contribution is 0.670. The van der Waals surface area contributed by atoms with Crippen LogP contribution < -0.4 is 0 Å². The number of benzene rings is 9. The van der Waals surface area contributed by atoms with Crippen molar-refractivity contribution in [2.24, 2.45) is 0 Å². The smallest absolute Gasteiger partial charge is 0.164 e. The molecule has 5 nitrogen and oxygen atoms in total. The zero-order valence-corrected chi connectivity index (χ0v) is 33.5. The molecule has 0 saturated carbocycles. The highest BCUT2D eigenvalue weighted by atomic mass is 16.3. The van der Waals surface area contributed by atoms with Gasteiger partial charge < -0.3 is 8.98 Å². The predicted molar refractivity (Wildman–Crippen MR) is 254 cm³/mol. The summed E-state index contributed by atoms with van der Waals surface area (Å²) in [7, 11) is 0. The summed E-state index contributed by atoms with van der Waals surface area (Å²) in [5.41, 5.74) is 14.6. The lowest BCUT2D eigenvalue weighted by atomic mass is 9.95. The molecule has 5 heteroatoms. The van der Waals surface area contributed by atoms with Crippen molar-refractivity contribution in [3.8, 4) is 73.2 Å². The summed E-state index contributed by atoms with van der Waals surface area (Å²) in [4.78, 5) is 15.2. The van der Waals surface area contributed by atoms with Gasteiger partial charge in [0.1, 0.15) is 11.2 Å². The Morgan fingerprint density at radius 2 is 0.839 bits per heavy atom. The summed E-state index contributed by atoms with van der Waals surface area (Å²) in [6.45, 7) is 0. The summed E-state index contributed by atoms with van der Waals surface area (Å²) < 4.78 is 8.89. The fourth-order valence-corrected chi connectivity index (χ4v) is 8.83. The second-order valence-corrected chi connectivity index (χ2v) is 15.6. The van der Waals surface area contributed by atoms with E-state index in [4.69, 9.17) is 19.4 Å². The average molecular weight is 793 g/mol. The first-order valence-electron chi connectivity index (χ1n) is 20.8. The van der Waals surface area contributed by atoms with E-state index in [1.807, 2.05) is 48.5 Å². The van der Waals surface area contributed by atoms with Crippen molar-refractivity contribution in [1.82, 2.24) is 19.5 Å². The molecular formula is C57H36N4O. The third kappa shape index (κ3) is 6.14. The highest BCUT2D eigenvalue weighted by Gasteiger charge is 2.19. The Balaban J connectivity index is 0.987. The molecule has 0 saturated heterocycles. The van der Waals surface area contributed by atoms with Crippen LogP contribution in [0.3, 0.4) is 0 Å². The van der Waals surface area contributed by atoms with Gasteiger partial charge in [-0.15, -0.1) is 0 Å². The second kappa shape index (κ2) is 14.7. The second-order valence-electron chi connectivity index (χ2n) is 15.6. The van der Waals surface area contributed by atoms with Gasteiger partial charge in [0.15, 0.2) is 17.5 Å². The normalized spacial score (nSPS) is 11.5. The SMILES string of the molecule is c1ccc(-c2cccc(-c3nc(-c4ccccc4)nc(-c4ccc(-n5c6ccccc6c6ccc(-c7cc(-c8ccccc8)c8oc9ccccc9c8c7)cc65)cc4)n3)c2)cc1. The minimum Gasteiger partial charge on any atom is -0.455 e. The van der Waals surface area contributed by atoms with Gasteiger partial charge in [0.25, 0.3) is 0 Å². The van der Waals surface area contributed by atoms with Gasteiger partial charge in [-0.1, -0.05) is 158 Å². The Kier molecular flexibility index (Phi) is 8.42. The van der Waals surface area contributed by atoms with Crippen molar-refractivity contribution in [1.29, 1.82) is 0 Å². The average Bonchev–Trinajstić information content (AvgIpc) is 3.90. The summed E-state index contributed by atoms with van der Waals surface area (Å²) in [6, 6.07) is 76.4. The van der Waals surface area contributed by atoms with Gasteiger partial charge in [-0.25, -0.2) is 15.0 Å². The maximum Gasteiger partial charge on any atom is 0.164 e. The van der Waals surface area contributed by atoms with E-state index in [-0.39, 0.29) is 0 Å². The molecule has 62 heavy (non-hydrogen) atoms. The van der Waals surface area contributed by atoms with Crippen LogP contribution in [-0.2, 0) is 0 Å². The highest BCUT2D eigenvalue weighted by Crippen LogP contribution is 2.41. The van der Waals surface area contributed by atoms with Crippen molar-refractivity contribution in [2.45, 2.75) is 0 Å². The van der Waals surface area contributed by atoms with Crippen LogP contribution in [0.2, 0.25) is 0 Å². The Labute approximate surface area is 357 Å². The molecule has 0 unspecified atom stereocenters. The van der Waals surface area contributed by atoms with Crippen LogP contribution in [0.5, 0.6) is 0 Å². The number of hydrogen-bond acceptors (Lipinski definition) is 4. The van der Waals surface area contributed by atoms with E-state index in [0.717, 1.165) is 88.7 Å². The zero-order valence-electron chi connectivity index (χ0n) is 33.5. The minimum absolute atomic E-state index is 0.617. The largest absolute Gasteiger partial charge is 0.455 e. The topological polar surface area (TPSA) is 56.7 Å². The van der Waals surface area contributed by atoms with Crippen molar-refractivity contribution in [3.63, 3.8) is 0 Å². The van der Waals surface area contributed by atoms with Gasteiger partial charge in [-0.3, -0.25) is 0 Å². The molecule has 0 bridgehead atoms. The Hall–Kier alpha value is -8.41. The van der Waals surface area contributed by atoms with Crippen molar-refractivity contribution in [3.05, 3.63) is 218 Å². The quantitative estimate of drug-likeness (QED) is 0.161. The molecule has 3 heterocycles. The molecule has 0 spiro atoms. The lowest BCUT2D eigenvalue weighted by Gasteiger charge is -2.12. The van der Waals surface area contributed by atoms with Crippen LogP contribution in [0.25, 0.3) is 117 Å². The van der Waals surface area contributed by atoms with Crippen LogP contribution in [-0.4, -0.2) is 19.5 Å². The number of hydrogen-bond donors (Lipinski definition) is 0. The third-order valence-corrected chi connectivity index (χ3v) is 11.8. The molecule has 3 aromatic heterocycles. The molecule has 0 atom stereocenters. The molecule has 290 valence electrons. The van der Waals surface area contributed by atoms with Gasteiger partial charge in [-0.2, -0.15) is 0 Å². The van der Waals surface area contributed by atoms with E-state index in [1.165, 1.54) is 10.8 Å². The first kappa shape index (κ1) is 35.5. The van der Waals surface area contributed by atoms with Crippen molar-refractivity contribution >= 4 is 43.7 Å². The number of nitrogens with zero attached hydrogens (tertiary/aromatic N) is 4. The molecule has 0 aliphatic carbocycles. The van der Waals surface area contributed by atoms with Crippen LogP contribution in [0.1, 0.15) is 0 Å². The predicted octanol–water partition coefficient (Wildman–Crippen LogP) is 14.9. The highest BCUT2D eigenvalue weighted by molar-refractivity contribution is 6.13. The van der Waals surface area contributed by atoms with Gasteiger partial charge >= 0.3 is 0 Å². The van der Waals surface area contributed by atoms with E-state index in [1.54, 1.807) is 0 Å². The maximum atomic E-state index is 6.52. The van der Waals surface area contributed by atoms with Crippen molar-refractivity contribution < 1.29 is 4.42 Å². The molecule has 0 aliphatic heterocycles. The number of furan rings is 1. The molecule has 0 fully saturated rings. The monoisotopic (exact) mass is 792 g/mol. The van der Waals surface area contributed by atoms with E-state index < -0.39 is 0 Å². The number of para-hydroxylation sites is 2. The number of fused-ring (bicyclic) bond motifs is 6. The Morgan fingerprint density at radius 1 is 0.306 bits per heavy atom. The zero-order chi connectivity index (χ0) is 41.0. The molecule has 0 aliphatic rings. The Morgan fingerprint density at radius 3 is 1.58 bits per heavy atom. The lowest BCUT2D eigenvalue weighted by Crippen LogP contribution is -2.00. The minimum atomic E-state index is 0.617. The first-order chi connectivity index (χ1) is 30.7. The van der Waals surface area contributed by atoms with Gasteiger partial charge in [-0.05, 0) is 88.5 Å². The molecule has 9 aromatic carbocycles.